The number of rotatable bonds is 4. The van der Waals surface area contributed by atoms with E-state index >= 15 is 0 Å². The van der Waals surface area contributed by atoms with Crippen molar-refractivity contribution in [2.45, 2.75) is 6.92 Å². The zero-order valence-electron chi connectivity index (χ0n) is 11.0. The third kappa shape index (κ3) is 5.09. The summed E-state index contributed by atoms with van der Waals surface area (Å²) in [5.41, 5.74) is 0.822. The van der Waals surface area contributed by atoms with Gasteiger partial charge in [0.2, 0.25) is 5.28 Å². The van der Waals surface area contributed by atoms with Crippen molar-refractivity contribution in [1.82, 2.24) is 25.5 Å². The van der Waals surface area contributed by atoms with Gasteiger partial charge in [0.1, 0.15) is 5.69 Å². The van der Waals surface area contributed by atoms with Crippen LogP contribution in [0, 0.1) is 6.92 Å². The molecule has 7 nitrogen and oxygen atoms in total. The van der Waals surface area contributed by atoms with Crippen molar-refractivity contribution < 1.29 is 9.59 Å². The van der Waals surface area contributed by atoms with Crippen molar-refractivity contribution in [2.75, 3.05) is 27.2 Å². The molecule has 0 fully saturated rings. The highest BCUT2D eigenvalue weighted by molar-refractivity contribution is 6.28. The quantitative estimate of drug-likeness (QED) is 0.621. The number of carbonyl (C=O) groups is 2. The summed E-state index contributed by atoms with van der Waals surface area (Å²) in [6, 6.07) is 1.33. The predicted molar refractivity (Wildman–Crippen MR) is 71.2 cm³/mol. The molecule has 0 aliphatic carbocycles. The first-order valence-electron chi connectivity index (χ1n) is 5.64. The number of urea groups is 1. The summed E-state index contributed by atoms with van der Waals surface area (Å²) in [7, 11) is 3.28. The number of amides is 3. The van der Waals surface area contributed by atoms with Gasteiger partial charge in [0.05, 0.1) is 0 Å². The highest BCUT2D eigenvalue weighted by Gasteiger charge is 2.09. The van der Waals surface area contributed by atoms with E-state index in [1.54, 1.807) is 27.1 Å². The van der Waals surface area contributed by atoms with Gasteiger partial charge in [-0.25, -0.2) is 14.8 Å². The minimum atomic E-state index is -0.355. The molecule has 1 heterocycles. The van der Waals surface area contributed by atoms with E-state index in [1.165, 1.54) is 4.90 Å². The minimum absolute atomic E-state index is 0.0334. The molecule has 104 valence electrons. The van der Waals surface area contributed by atoms with Gasteiger partial charge in [0.15, 0.2) is 0 Å². The van der Waals surface area contributed by atoms with Crippen LogP contribution in [0.1, 0.15) is 16.2 Å². The van der Waals surface area contributed by atoms with Crippen LogP contribution in [0.5, 0.6) is 0 Å². The Bertz CT molecular complexity index is 458. The Morgan fingerprint density at radius 3 is 2.47 bits per heavy atom. The molecule has 0 radical (unpaired) electrons. The Hall–Kier alpha value is -1.89. The van der Waals surface area contributed by atoms with E-state index in [4.69, 9.17) is 11.6 Å². The van der Waals surface area contributed by atoms with Crippen LogP contribution in [0.15, 0.2) is 6.07 Å². The molecule has 0 saturated carbocycles. The van der Waals surface area contributed by atoms with Gasteiger partial charge in [0.25, 0.3) is 5.91 Å². The maximum atomic E-state index is 11.7. The maximum Gasteiger partial charge on any atom is 0.316 e. The molecule has 2 N–H and O–H groups in total. The molecule has 0 bridgehead atoms. The molecular weight excluding hydrogens is 270 g/mol. The largest absolute Gasteiger partial charge is 0.349 e. The van der Waals surface area contributed by atoms with E-state index in [0.29, 0.717) is 18.8 Å². The van der Waals surface area contributed by atoms with Crippen molar-refractivity contribution in [3.05, 3.63) is 22.7 Å². The van der Waals surface area contributed by atoms with Crippen LogP contribution in [-0.2, 0) is 0 Å². The lowest BCUT2D eigenvalue weighted by atomic mass is 10.3. The molecule has 0 saturated heterocycles. The molecule has 0 aliphatic rings. The Morgan fingerprint density at radius 2 is 1.89 bits per heavy atom. The molecular formula is C11H16ClN5O2. The summed E-state index contributed by atoms with van der Waals surface area (Å²) in [6.07, 6.45) is 0. The first-order chi connectivity index (χ1) is 8.90. The monoisotopic (exact) mass is 285 g/mol. The van der Waals surface area contributed by atoms with E-state index in [9.17, 15) is 9.59 Å². The van der Waals surface area contributed by atoms with Crippen LogP contribution < -0.4 is 10.6 Å². The van der Waals surface area contributed by atoms with Crippen molar-refractivity contribution >= 4 is 23.5 Å². The van der Waals surface area contributed by atoms with Crippen molar-refractivity contribution in [2.24, 2.45) is 0 Å². The number of nitrogens with one attached hydrogen (secondary N) is 2. The fourth-order valence-corrected chi connectivity index (χ4v) is 1.47. The molecule has 19 heavy (non-hydrogen) atoms. The number of aromatic nitrogens is 2. The molecule has 1 rings (SSSR count). The number of hydrogen-bond acceptors (Lipinski definition) is 4. The van der Waals surface area contributed by atoms with Crippen LogP contribution in [0.4, 0.5) is 4.79 Å². The van der Waals surface area contributed by atoms with Gasteiger partial charge in [0, 0.05) is 32.9 Å². The maximum absolute atomic E-state index is 11.7. The van der Waals surface area contributed by atoms with Gasteiger partial charge < -0.3 is 15.5 Å². The molecule has 0 aromatic carbocycles. The summed E-state index contributed by atoms with van der Waals surface area (Å²) in [6.45, 7) is 2.36. The number of aryl methyl sites for hydroxylation is 1. The topological polar surface area (TPSA) is 87.2 Å². The molecule has 0 unspecified atom stereocenters. The number of carbonyl (C=O) groups excluding carboxylic acids is 2. The third-order valence-corrected chi connectivity index (χ3v) is 2.32. The zero-order valence-corrected chi connectivity index (χ0v) is 11.8. The summed E-state index contributed by atoms with van der Waals surface area (Å²) >= 11 is 5.67. The Kier molecular flexibility index (Phi) is 5.50. The fraction of sp³-hybridized carbons (Fsp3) is 0.455. The minimum Gasteiger partial charge on any atom is -0.349 e. The average molecular weight is 286 g/mol. The first-order valence-corrected chi connectivity index (χ1v) is 6.02. The smallest absolute Gasteiger partial charge is 0.316 e. The van der Waals surface area contributed by atoms with Crippen molar-refractivity contribution in [3.63, 3.8) is 0 Å². The molecule has 3 amide bonds. The first kappa shape index (κ1) is 15.2. The van der Waals surface area contributed by atoms with Crippen LogP contribution in [0.25, 0.3) is 0 Å². The van der Waals surface area contributed by atoms with Gasteiger partial charge in [-0.15, -0.1) is 0 Å². The molecule has 0 spiro atoms. The van der Waals surface area contributed by atoms with E-state index in [-0.39, 0.29) is 22.9 Å². The second-order valence-corrected chi connectivity index (χ2v) is 4.38. The Morgan fingerprint density at radius 1 is 1.26 bits per heavy atom. The lowest BCUT2D eigenvalue weighted by Crippen LogP contribution is -2.39. The lowest BCUT2D eigenvalue weighted by Gasteiger charge is -2.12. The zero-order chi connectivity index (χ0) is 14.4. The summed E-state index contributed by atoms with van der Waals surface area (Å²) in [5.74, 6) is -0.355. The second-order valence-electron chi connectivity index (χ2n) is 4.05. The normalized spacial score (nSPS) is 9.89. The lowest BCUT2D eigenvalue weighted by molar-refractivity contribution is 0.0948. The second kappa shape index (κ2) is 6.89. The molecule has 0 aliphatic heterocycles. The van der Waals surface area contributed by atoms with Crippen LogP contribution in [0.2, 0.25) is 5.28 Å². The van der Waals surface area contributed by atoms with Crippen LogP contribution >= 0.6 is 11.6 Å². The molecule has 1 aromatic rings. The predicted octanol–water partition coefficient (Wildman–Crippen LogP) is 0.439. The van der Waals surface area contributed by atoms with Gasteiger partial charge in [-0.3, -0.25) is 4.79 Å². The van der Waals surface area contributed by atoms with Crippen molar-refractivity contribution in [3.8, 4) is 0 Å². The van der Waals surface area contributed by atoms with Gasteiger partial charge in [-0.05, 0) is 24.6 Å². The van der Waals surface area contributed by atoms with Crippen LogP contribution in [0.3, 0.4) is 0 Å². The average Bonchev–Trinajstić information content (AvgIpc) is 2.32. The highest BCUT2D eigenvalue weighted by Crippen LogP contribution is 2.04. The Labute approximate surface area is 116 Å². The standard InChI is InChI=1S/C11H16ClN5O2/c1-7-6-8(16-10(12)15-7)9(18)13-4-5-14-11(19)17(2)3/h6H,4-5H2,1-3H3,(H,13,18)(H,14,19). The summed E-state index contributed by atoms with van der Waals surface area (Å²) in [5, 5.41) is 5.29. The van der Waals surface area contributed by atoms with Gasteiger partial charge in [-0.1, -0.05) is 0 Å². The van der Waals surface area contributed by atoms with E-state index < -0.39 is 0 Å². The molecule has 8 heteroatoms. The number of halogens is 1. The summed E-state index contributed by atoms with van der Waals surface area (Å²) in [4.78, 5) is 32.1. The van der Waals surface area contributed by atoms with Crippen molar-refractivity contribution in [1.29, 1.82) is 0 Å². The molecule has 0 atom stereocenters. The Balaban J connectivity index is 2.41. The number of hydrogen-bond donors (Lipinski definition) is 2. The van der Waals surface area contributed by atoms with E-state index in [1.807, 2.05) is 0 Å². The van der Waals surface area contributed by atoms with Crippen LogP contribution in [-0.4, -0.2) is 54.0 Å². The fourth-order valence-electron chi connectivity index (χ4n) is 1.24. The van der Waals surface area contributed by atoms with E-state index in [2.05, 4.69) is 20.6 Å². The SMILES string of the molecule is Cc1cc(C(=O)NCCNC(=O)N(C)C)nc(Cl)n1. The van der Waals surface area contributed by atoms with Gasteiger partial charge >= 0.3 is 6.03 Å². The molecule has 1 aromatic heterocycles. The van der Waals surface area contributed by atoms with Gasteiger partial charge in [-0.2, -0.15) is 0 Å². The van der Waals surface area contributed by atoms with E-state index in [0.717, 1.165) is 0 Å². The third-order valence-electron chi connectivity index (χ3n) is 2.15. The number of nitrogens with zero attached hydrogens (tertiary/aromatic N) is 3. The highest BCUT2D eigenvalue weighted by atomic mass is 35.5. The summed E-state index contributed by atoms with van der Waals surface area (Å²) < 4.78 is 0.